The molecule has 0 amide bonds. The van der Waals surface area contributed by atoms with Crippen molar-refractivity contribution in [2.24, 2.45) is 5.92 Å². The van der Waals surface area contributed by atoms with Gasteiger partial charge in [0.2, 0.25) is 0 Å². The first kappa shape index (κ1) is 10.7. The second kappa shape index (κ2) is 3.97. The Hall–Kier alpha value is -0.820. The van der Waals surface area contributed by atoms with Crippen molar-refractivity contribution in [3.63, 3.8) is 0 Å². The van der Waals surface area contributed by atoms with Crippen molar-refractivity contribution in [2.75, 3.05) is 0 Å². The summed E-state index contributed by atoms with van der Waals surface area (Å²) >= 11 is 0. The van der Waals surface area contributed by atoms with Gasteiger partial charge < -0.3 is 5.11 Å². The Labute approximate surface area is 92.1 Å². The van der Waals surface area contributed by atoms with Crippen molar-refractivity contribution in [3.8, 4) is 0 Å². The van der Waals surface area contributed by atoms with Crippen LogP contribution in [-0.2, 0) is 12.0 Å². The Balaban J connectivity index is 2.15. The summed E-state index contributed by atoms with van der Waals surface area (Å²) in [5.74, 6) is 0.481. The highest BCUT2D eigenvalue weighted by molar-refractivity contribution is 5.28. The quantitative estimate of drug-likeness (QED) is 0.798. The van der Waals surface area contributed by atoms with Crippen molar-refractivity contribution < 1.29 is 5.11 Å². The first-order chi connectivity index (χ1) is 7.14. The Bertz CT molecular complexity index is 320. The molecule has 1 heteroatoms. The molecule has 1 nitrogen and oxygen atoms in total. The number of hydrogen-bond donors (Lipinski definition) is 1. The first-order valence-corrected chi connectivity index (χ1v) is 5.96. The highest BCUT2D eigenvalue weighted by Gasteiger charge is 2.40. The SMILES string of the molecule is CCCc1ccc([C@@](C)(O)C2CC2)cc1. The molecule has 1 N–H and O–H groups in total. The zero-order valence-corrected chi connectivity index (χ0v) is 9.66. The van der Waals surface area contributed by atoms with E-state index in [9.17, 15) is 5.11 Å². The van der Waals surface area contributed by atoms with Crippen molar-refractivity contribution in [3.05, 3.63) is 35.4 Å². The first-order valence-electron chi connectivity index (χ1n) is 5.96. The van der Waals surface area contributed by atoms with Gasteiger partial charge in [-0.3, -0.25) is 0 Å². The molecule has 0 saturated heterocycles. The minimum atomic E-state index is -0.606. The molecule has 0 radical (unpaired) electrons. The summed E-state index contributed by atoms with van der Waals surface area (Å²) in [7, 11) is 0. The summed E-state index contributed by atoms with van der Waals surface area (Å²) < 4.78 is 0. The molecule has 1 atom stereocenters. The van der Waals surface area contributed by atoms with Crippen LogP contribution in [0.3, 0.4) is 0 Å². The lowest BCUT2D eigenvalue weighted by molar-refractivity contribution is 0.0331. The fourth-order valence-corrected chi connectivity index (χ4v) is 2.18. The molecule has 1 aromatic carbocycles. The molecule has 0 aromatic heterocycles. The fourth-order valence-electron chi connectivity index (χ4n) is 2.18. The standard InChI is InChI=1S/C14H20O/c1-3-4-11-5-7-12(8-6-11)14(2,15)13-9-10-13/h5-8,13,15H,3-4,9-10H2,1-2H3/t14-/m1/s1. The van der Waals surface area contributed by atoms with Gasteiger partial charge in [0.15, 0.2) is 0 Å². The third-order valence-corrected chi connectivity index (χ3v) is 3.45. The van der Waals surface area contributed by atoms with Crippen LogP contribution < -0.4 is 0 Å². The molecular weight excluding hydrogens is 184 g/mol. The van der Waals surface area contributed by atoms with Gasteiger partial charge in [-0.05, 0) is 43.2 Å². The van der Waals surface area contributed by atoms with Gasteiger partial charge in [-0.1, -0.05) is 37.6 Å². The molecule has 0 aliphatic heterocycles. The number of hydrogen-bond acceptors (Lipinski definition) is 1. The fraction of sp³-hybridized carbons (Fsp3) is 0.571. The topological polar surface area (TPSA) is 20.2 Å². The van der Waals surface area contributed by atoms with Crippen LogP contribution in [0.2, 0.25) is 0 Å². The van der Waals surface area contributed by atoms with Crippen LogP contribution in [0.15, 0.2) is 24.3 Å². The number of benzene rings is 1. The van der Waals surface area contributed by atoms with E-state index in [1.807, 2.05) is 6.92 Å². The van der Waals surface area contributed by atoms with Gasteiger partial charge in [-0.2, -0.15) is 0 Å². The van der Waals surface area contributed by atoms with Crippen LogP contribution in [0, 0.1) is 5.92 Å². The van der Waals surface area contributed by atoms with Crippen LogP contribution in [0.5, 0.6) is 0 Å². The average Bonchev–Trinajstić information content (AvgIpc) is 3.02. The Morgan fingerprint density at radius 1 is 1.27 bits per heavy atom. The van der Waals surface area contributed by atoms with E-state index >= 15 is 0 Å². The molecule has 82 valence electrons. The maximum atomic E-state index is 10.3. The van der Waals surface area contributed by atoms with Gasteiger partial charge >= 0.3 is 0 Å². The zero-order valence-electron chi connectivity index (χ0n) is 9.66. The molecule has 0 bridgehead atoms. The van der Waals surface area contributed by atoms with Crippen molar-refractivity contribution in [1.29, 1.82) is 0 Å². The molecule has 1 saturated carbocycles. The maximum absolute atomic E-state index is 10.3. The van der Waals surface area contributed by atoms with Gasteiger partial charge in [-0.15, -0.1) is 0 Å². The second-order valence-electron chi connectivity index (χ2n) is 4.87. The molecule has 15 heavy (non-hydrogen) atoms. The van der Waals surface area contributed by atoms with E-state index in [4.69, 9.17) is 0 Å². The summed E-state index contributed by atoms with van der Waals surface area (Å²) in [6.07, 6.45) is 4.65. The highest BCUT2D eigenvalue weighted by atomic mass is 16.3. The second-order valence-corrected chi connectivity index (χ2v) is 4.87. The van der Waals surface area contributed by atoms with E-state index in [2.05, 4.69) is 31.2 Å². The molecule has 1 fully saturated rings. The van der Waals surface area contributed by atoms with Crippen LogP contribution in [0.25, 0.3) is 0 Å². The van der Waals surface area contributed by atoms with E-state index in [0.29, 0.717) is 5.92 Å². The number of rotatable bonds is 4. The van der Waals surface area contributed by atoms with Gasteiger partial charge in [-0.25, -0.2) is 0 Å². The van der Waals surface area contributed by atoms with Crippen molar-refractivity contribution >= 4 is 0 Å². The zero-order chi connectivity index (χ0) is 10.9. The van der Waals surface area contributed by atoms with Gasteiger partial charge in [0.25, 0.3) is 0 Å². The van der Waals surface area contributed by atoms with E-state index < -0.39 is 5.60 Å². The van der Waals surface area contributed by atoms with E-state index in [-0.39, 0.29) is 0 Å². The van der Waals surface area contributed by atoms with Gasteiger partial charge in [0.1, 0.15) is 0 Å². The van der Waals surface area contributed by atoms with Crippen LogP contribution in [0.4, 0.5) is 0 Å². The molecule has 1 aliphatic carbocycles. The molecular formula is C14H20O. The van der Waals surface area contributed by atoms with Crippen LogP contribution >= 0.6 is 0 Å². The Kier molecular flexibility index (Phi) is 2.83. The van der Waals surface area contributed by atoms with E-state index in [0.717, 1.165) is 12.0 Å². The molecule has 1 aromatic rings. The Morgan fingerprint density at radius 3 is 2.33 bits per heavy atom. The molecule has 0 unspecified atom stereocenters. The molecule has 0 spiro atoms. The third kappa shape index (κ3) is 2.23. The smallest absolute Gasteiger partial charge is 0.0896 e. The minimum Gasteiger partial charge on any atom is -0.385 e. The highest BCUT2D eigenvalue weighted by Crippen LogP contribution is 2.45. The third-order valence-electron chi connectivity index (χ3n) is 3.45. The van der Waals surface area contributed by atoms with Gasteiger partial charge in [0.05, 0.1) is 5.60 Å². The number of aliphatic hydroxyl groups is 1. The summed E-state index contributed by atoms with van der Waals surface area (Å²) in [5, 5.41) is 10.3. The summed E-state index contributed by atoms with van der Waals surface area (Å²) in [6.45, 7) is 4.13. The largest absolute Gasteiger partial charge is 0.385 e. The predicted molar refractivity (Wildman–Crippen MR) is 62.7 cm³/mol. The maximum Gasteiger partial charge on any atom is 0.0896 e. The van der Waals surface area contributed by atoms with Crippen molar-refractivity contribution in [2.45, 2.75) is 45.1 Å². The monoisotopic (exact) mass is 204 g/mol. The van der Waals surface area contributed by atoms with Gasteiger partial charge in [0, 0.05) is 0 Å². The summed E-state index contributed by atoms with van der Waals surface area (Å²) in [6, 6.07) is 8.47. The number of aryl methyl sites for hydroxylation is 1. The summed E-state index contributed by atoms with van der Waals surface area (Å²) in [4.78, 5) is 0. The minimum absolute atomic E-state index is 0.481. The molecule has 1 aliphatic rings. The van der Waals surface area contributed by atoms with Crippen LogP contribution in [0.1, 0.15) is 44.2 Å². The lowest BCUT2D eigenvalue weighted by atomic mass is 9.90. The normalized spacial score (nSPS) is 19.9. The lowest BCUT2D eigenvalue weighted by Gasteiger charge is -2.23. The predicted octanol–water partition coefficient (Wildman–Crippen LogP) is 3.26. The van der Waals surface area contributed by atoms with Crippen LogP contribution in [-0.4, -0.2) is 5.11 Å². The van der Waals surface area contributed by atoms with Crippen molar-refractivity contribution in [1.82, 2.24) is 0 Å². The lowest BCUT2D eigenvalue weighted by Crippen LogP contribution is -2.23. The van der Waals surface area contributed by atoms with E-state index in [1.165, 1.54) is 24.8 Å². The van der Waals surface area contributed by atoms with E-state index in [1.54, 1.807) is 0 Å². The molecule has 2 rings (SSSR count). The Morgan fingerprint density at radius 2 is 1.87 bits per heavy atom. The summed E-state index contributed by atoms with van der Waals surface area (Å²) in [5.41, 5.74) is 1.84. The molecule has 0 heterocycles. The average molecular weight is 204 g/mol.